The summed E-state index contributed by atoms with van der Waals surface area (Å²) in [7, 11) is 1.73. The van der Waals surface area contributed by atoms with Crippen LogP contribution in [0.2, 0.25) is 0 Å². The lowest BCUT2D eigenvalue weighted by molar-refractivity contribution is 0.306. The van der Waals surface area contributed by atoms with Crippen molar-refractivity contribution in [1.82, 2.24) is 5.32 Å². The van der Waals surface area contributed by atoms with Crippen LogP contribution in [0.15, 0.2) is 66.9 Å². The van der Waals surface area contributed by atoms with E-state index in [4.69, 9.17) is 4.74 Å². The van der Waals surface area contributed by atoms with Gasteiger partial charge in [0.2, 0.25) is 0 Å². The summed E-state index contributed by atoms with van der Waals surface area (Å²) in [6, 6.07) is 18.1. The molecule has 0 saturated heterocycles. The number of nitrogens with zero attached hydrogens (tertiary/aromatic N) is 1. The zero-order valence-corrected chi connectivity index (χ0v) is 13.5. The van der Waals surface area contributed by atoms with Crippen LogP contribution < -0.4 is 10.1 Å². The first kappa shape index (κ1) is 16.4. The first-order valence-corrected chi connectivity index (χ1v) is 7.41. The van der Waals surface area contributed by atoms with Crippen molar-refractivity contribution < 1.29 is 4.74 Å². The predicted octanol–water partition coefficient (Wildman–Crippen LogP) is 4.21. The van der Waals surface area contributed by atoms with Crippen LogP contribution in [-0.4, -0.2) is 7.05 Å². The van der Waals surface area contributed by atoms with E-state index in [1.165, 1.54) is 0 Å². The summed E-state index contributed by atoms with van der Waals surface area (Å²) in [6.45, 7) is 6.33. The number of allylic oxidation sites excluding steroid dienone is 3. The first-order valence-electron chi connectivity index (χ1n) is 7.41. The Hall–Kier alpha value is -2.99. The molecule has 0 aliphatic heterocycles. The van der Waals surface area contributed by atoms with Gasteiger partial charge in [0.1, 0.15) is 24.1 Å². The molecule has 2 aromatic rings. The van der Waals surface area contributed by atoms with E-state index in [1.807, 2.05) is 55.5 Å². The van der Waals surface area contributed by atoms with Crippen molar-refractivity contribution in [1.29, 1.82) is 5.26 Å². The van der Waals surface area contributed by atoms with Crippen LogP contribution >= 0.6 is 0 Å². The Labute approximate surface area is 137 Å². The standard InChI is InChI=1S/C20H20N2O/c1-4-19(20(13-21)22-3)17-10-15(2)11-18(12-17)23-14-16-8-6-5-7-9-16/h4-12,22H,1,14H2,2-3H3/b20-19+. The van der Waals surface area contributed by atoms with Crippen LogP contribution in [0.4, 0.5) is 0 Å². The number of hydrogen-bond donors (Lipinski definition) is 1. The summed E-state index contributed by atoms with van der Waals surface area (Å²) in [5.74, 6) is 0.775. The van der Waals surface area contributed by atoms with Gasteiger partial charge in [-0.25, -0.2) is 0 Å². The van der Waals surface area contributed by atoms with Gasteiger partial charge in [-0.05, 0) is 35.7 Å². The number of hydrogen-bond acceptors (Lipinski definition) is 3. The molecule has 0 fully saturated rings. The van der Waals surface area contributed by atoms with Gasteiger partial charge in [-0.2, -0.15) is 5.26 Å². The number of nitrogens with one attached hydrogen (secondary N) is 1. The third-order valence-electron chi connectivity index (χ3n) is 3.45. The molecule has 3 nitrogen and oxygen atoms in total. The molecule has 23 heavy (non-hydrogen) atoms. The molecule has 2 rings (SSSR count). The molecule has 0 aromatic heterocycles. The van der Waals surface area contributed by atoms with Crippen molar-refractivity contribution in [2.24, 2.45) is 0 Å². The van der Waals surface area contributed by atoms with Crippen LogP contribution in [0.5, 0.6) is 5.75 Å². The number of benzene rings is 2. The van der Waals surface area contributed by atoms with E-state index in [0.717, 1.165) is 28.0 Å². The number of nitriles is 1. The average molecular weight is 304 g/mol. The molecular weight excluding hydrogens is 284 g/mol. The molecule has 3 heteroatoms. The molecule has 0 heterocycles. The molecule has 0 saturated carbocycles. The van der Waals surface area contributed by atoms with Gasteiger partial charge in [0.15, 0.2) is 0 Å². The molecule has 2 aromatic carbocycles. The second-order valence-electron chi connectivity index (χ2n) is 5.16. The van der Waals surface area contributed by atoms with Crippen molar-refractivity contribution in [3.8, 4) is 11.8 Å². The van der Waals surface area contributed by atoms with Crippen LogP contribution in [0, 0.1) is 18.3 Å². The lowest BCUT2D eigenvalue weighted by Crippen LogP contribution is -2.06. The van der Waals surface area contributed by atoms with Crippen molar-refractivity contribution in [2.75, 3.05) is 7.05 Å². The molecule has 0 spiro atoms. The van der Waals surface area contributed by atoms with Crippen LogP contribution in [0.25, 0.3) is 5.57 Å². The zero-order valence-electron chi connectivity index (χ0n) is 13.5. The van der Waals surface area contributed by atoms with E-state index in [0.29, 0.717) is 12.3 Å². The van der Waals surface area contributed by atoms with Crippen molar-refractivity contribution >= 4 is 5.57 Å². The van der Waals surface area contributed by atoms with Gasteiger partial charge < -0.3 is 10.1 Å². The molecule has 0 unspecified atom stereocenters. The van der Waals surface area contributed by atoms with E-state index in [1.54, 1.807) is 13.1 Å². The Bertz CT molecular complexity index is 755. The summed E-state index contributed by atoms with van der Waals surface area (Å²) in [5.41, 5.74) is 4.35. The number of ether oxygens (including phenoxy) is 1. The van der Waals surface area contributed by atoms with Gasteiger partial charge in [0.05, 0.1) is 0 Å². The highest BCUT2D eigenvalue weighted by Gasteiger charge is 2.08. The predicted molar refractivity (Wildman–Crippen MR) is 93.7 cm³/mol. The van der Waals surface area contributed by atoms with Crippen molar-refractivity contribution in [3.05, 3.63) is 83.6 Å². The highest BCUT2D eigenvalue weighted by molar-refractivity contribution is 5.79. The number of rotatable bonds is 6. The van der Waals surface area contributed by atoms with Gasteiger partial charge in [0.25, 0.3) is 0 Å². The molecule has 0 aliphatic rings. The van der Waals surface area contributed by atoms with E-state index in [9.17, 15) is 5.26 Å². The van der Waals surface area contributed by atoms with E-state index >= 15 is 0 Å². The Morgan fingerprint density at radius 3 is 2.61 bits per heavy atom. The normalized spacial score (nSPS) is 11.2. The SMILES string of the molecule is C=C/C(=C(/C#N)NC)c1cc(C)cc(OCc2ccccc2)c1. The van der Waals surface area contributed by atoms with Crippen LogP contribution in [-0.2, 0) is 6.61 Å². The maximum Gasteiger partial charge on any atom is 0.121 e. The van der Waals surface area contributed by atoms with Gasteiger partial charge in [-0.15, -0.1) is 0 Å². The quantitative estimate of drug-likeness (QED) is 0.642. The minimum Gasteiger partial charge on any atom is -0.489 e. The minimum atomic E-state index is 0.486. The fourth-order valence-electron chi connectivity index (χ4n) is 2.34. The summed E-state index contributed by atoms with van der Waals surface area (Å²) in [4.78, 5) is 0. The first-order chi connectivity index (χ1) is 11.2. The summed E-state index contributed by atoms with van der Waals surface area (Å²) < 4.78 is 5.90. The third-order valence-corrected chi connectivity index (χ3v) is 3.45. The summed E-state index contributed by atoms with van der Waals surface area (Å²) in [6.07, 6.45) is 1.69. The van der Waals surface area contributed by atoms with Crippen molar-refractivity contribution in [2.45, 2.75) is 13.5 Å². The Morgan fingerprint density at radius 2 is 2.00 bits per heavy atom. The highest BCUT2D eigenvalue weighted by atomic mass is 16.5. The smallest absolute Gasteiger partial charge is 0.121 e. The third kappa shape index (κ3) is 4.24. The zero-order chi connectivity index (χ0) is 16.7. The fraction of sp³-hybridized carbons (Fsp3) is 0.150. The summed E-state index contributed by atoms with van der Waals surface area (Å²) >= 11 is 0. The molecule has 116 valence electrons. The van der Waals surface area contributed by atoms with Crippen LogP contribution in [0.1, 0.15) is 16.7 Å². The lowest BCUT2D eigenvalue weighted by atomic mass is 10.0. The van der Waals surface area contributed by atoms with Gasteiger partial charge in [-0.1, -0.05) is 49.1 Å². The highest BCUT2D eigenvalue weighted by Crippen LogP contribution is 2.25. The van der Waals surface area contributed by atoms with Crippen LogP contribution in [0.3, 0.4) is 0 Å². The molecular formula is C20H20N2O. The average Bonchev–Trinajstić information content (AvgIpc) is 2.58. The molecule has 0 atom stereocenters. The molecule has 0 amide bonds. The number of aryl methyl sites for hydroxylation is 1. The van der Waals surface area contributed by atoms with E-state index < -0.39 is 0 Å². The Balaban J connectivity index is 2.30. The topological polar surface area (TPSA) is 45.0 Å². The van der Waals surface area contributed by atoms with Gasteiger partial charge in [0, 0.05) is 12.6 Å². The largest absolute Gasteiger partial charge is 0.489 e. The van der Waals surface area contributed by atoms with Gasteiger partial charge in [-0.3, -0.25) is 0 Å². The second kappa shape index (κ2) is 7.86. The lowest BCUT2D eigenvalue weighted by Gasteiger charge is -2.12. The second-order valence-corrected chi connectivity index (χ2v) is 5.16. The summed E-state index contributed by atoms with van der Waals surface area (Å²) in [5, 5.41) is 12.1. The maximum atomic E-state index is 9.23. The molecule has 0 bridgehead atoms. The Kier molecular flexibility index (Phi) is 5.60. The van der Waals surface area contributed by atoms with E-state index in [-0.39, 0.29) is 0 Å². The van der Waals surface area contributed by atoms with E-state index in [2.05, 4.69) is 18.0 Å². The maximum absolute atomic E-state index is 9.23. The molecule has 0 radical (unpaired) electrons. The van der Waals surface area contributed by atoms with Crippen molar-refractivity contribution in [3.63, 3.8) is 0 Å². The Morgan fingerprint density at radius 1 is 1.26 bits per heavy atom. The monoisotopic (exact) mass is 304 g/mol. The fourth-order valence-corrected chi connectivity index (χ4v) is 2.34. The minimum absolute atomic E-state index is 0.486. The molecule has 1 N–H and O–H groups in total. The molecule has 0 aliphatic carbocycles. The van der Waals surface area contributed by atoms with Gasteiger partial charge >= 0.3 is 0 Å².